The monoisotopic (exact) mass is 406 g/mol. The number of hydrogen-bond acceptors (Lipinski definition) is 5. The highest BCUT2D eigenvalue weighted by molar-refractivity contribution is 6.45. The smallest absolute Gasteiger partial charge is 0.295 e. The van der Waals surface area contributed by atoms with Crippen LogP contribution in [-0.4, -0.2) is 70.2 Å². The molecule has 0 aliphatic carbocycles. The molecule has 0 radical (unpaired) electrons. The lowest BCUT2D eigenvalue weighted by Gasteiger charge is -2.39. The van der Waals surface area contributed by atoms with Crippen molar-refractivity contribution in [3.8, 4) is 5.75 Å². The summed E-state index contributed by atoms with van der Waals surface area (Å²) in [6.45, 7) is 2.87. The zero-order valence-electron chi connectivity index (χ0n) is 16.8. The van der Waals surface area contributed by atoms with Gasteiger partial charge in [-0.25, -0.2) is 4.98 Å². The van der Waals surface area contributed by atoms with Crippen LogP contribution >= 0.6 is 0 Å². The molecule has 0 unspecified atom stereocenters. The molecule has 1 aliphatic rings. The molecule has 1 aromatic carbocycles. The van der Waals surface area contributed by atoms with E-state index >= 15 is 0 Å². The number of piperazine rings is 1. The second-order valence-corrected chi connectivity index (χ2v) is 7.23. The number of ketones is 1. The molecule has 8 heteroatoms. The predicted molar refractivity (Wildman–Crippen MR) is 110 cm³/mol. The Morgan fingerprint density at radius 3 is 2.60 bits per heavy atom. The Morgan fingerprint density at radius 2 is 1.90 bits per heavy atom. The van der Waals surface area contributed by atoms with Crippen LogP contribution in [0.3, 0.4) is 0 Å². The molecule has 0 spiro atoms. The number of ether oxygens (including phenoxy) is 1. The fraction of sp³-hybridized carbons (Fsp3) is 0.273. The Kier molecular flexibility index (Phi) is 5.22. The SMILES string of the molecule is COc1ccnc2[nH]cc(C(=O)C(=O)N3CCN(C(=O)c4ccccc4)C[C@@H]3C)c12. The Hall–Kier alpha value is -3.68. The van der Waals surface area contributed by atoms with Gasteiger partial charge in [-0.2, -0.15) is 0 Å². The molecule has 8 nitrogen and oxygen atoms in total. The van der Waals surface area contributed by atoms with Gasteiger partial charge < -0.3 is 19.5 Å². The lowest BCUT2D eigenvalue weighted by atomic mass is 10.1. The quantitative estimate of drug-likeness (QED) is 0.529. The zero-order chi connectivity index (χ0) is 21.3. The number of carbonyl (C=O) groups excluding carboxylic acids is 3. The standard InChI is InChI=1S/C22H22N4O4/c1-14-13-25(21(28)15-6-4-3-5-7-15)10-11-26(14)22(29)19(27)16-12-24-20-18(16)17(30-2)8-9-23-20/h3-9,12,14H,10-11,13H2,1-2H3,(H,23,24)/t14-/m0/s1. The number of amides is 2. The van der Waals surface area contributed by atoms with Crippen molar-refractivity contribution in [1.82, 2.24) is 19.8 Å². The Labute approximate surface area is 173 Å². The van der Waals surface area contributed by atoms with Crippen molar-refractivity contribution >= 4 is 28.6 Å². The summed E-state index contributed by atoms with van der Waals surface area (Å²) in [5, 5.41) is 0.490. The molecule has 1 fully saturated rings. The highest BCUT2D eigenvalue weighted by atomic mass is 16.5. The van der Waals surface area contributed by atoms with E-state index in [0.717, 1.165) is 0 Å². The number of pyridine rings is 1. The van der Waals surface area contributed by atoms with Crippen molar-refractivity contribution in [3.05, 3.63) is 59.9 Å². The molecule has 1 atom stereocenters. The molecule has 1 saturated heterocycles. The van der Waals surface area contributed by atoms with E-state index in [1.54, 1.807) is 29.3 Å². The Bertz CT molecular complexity index is 1110. The number of hydrogen-bond donors (Lipinski definition) is 1. The first-order valence-corrected chi connectivity index (χ1v) is 9.71. The van der Waals surface area contributed by atoms with Crippen LogP contribution < -0.4 is 4.74 Å². The number of nitrogens with one attached hydrogen (secondary N) is 1. The van der Waals surface area contributed by atoms with Crippen LogP contribution in [-0.2, 0) is 4.79 Å². The molecule has 0 saturated carbocycles. The van der Waals surface area contributed by atoms with E-state index in [1.165, 1.54) is 18.2 Å². The number of Topliss-reactive ketones (excluding diaryl/α,β-unsaturated/α-hetero) is 1. The van der Waals surface area contributed by atoms with Crippen LogP contribution in [0.25, 0.3) is 11.0 Å². The second-order valence-electron chi connectivity index (χ2n) is 7.23. The summed E-state index contributed by atoms with van der Waals surface area (Å²) in [7, 11) is 1.50. The third-order valence-corrected chi connectivity index (χ3v) is 5.39. The molecule has 2 aromatic heterocycles. The van der Waals surface area contributed by atoms with Gasteiger partial charge in [0.05, 0.1) is 18.1 Å². The normalized spacial score (nSPS) is 16.5. The van der Waals surface area contributed by atoms with Crippen molar-refractivity contribution in [2.75, 3.05) is 26.7 Å². The maximum atomic E-state index is 13.0. The summed E-state index contributed by atoms with van der Waals surface area (Å²) in [5.41, 5.74) is 1.32. The van der Waals surface area contributed by atoms with Gasteiger partial charge in [0.15, 0.2) is 0 Å². The van der Waals surface area contributed by atoms with E-state index in [0.29, 0.717) is 42.0 Å². The molecule has 4 rings (SSSR count). The minimum absolute atomic E-state index is 0.0756. The third kappa shape index (κ3) is 3.41. The van der Waals surface area contributed by atoms with E-state index in [2.05, 4.69) is 9.97 Å². The summed E-state index contributed by atoms with van der Waals surface area (Å²) in [5.74, 6) is -0.819. The summed E-state index contributed by atoms with van der Waals surface area (Å²) >= 11 is 0. The molecular formula is C22H22N4O4. The molecule has 2 amide bonds. The van der Waals surface area contributed by atoms with Crippen LogP contribution in [0, 0.1) is 0 Å². The van der Waals surface area contributed by atoms with Crippen LogP contribution in [0.2, 0.25) is 0 Å². The van der Waals surface area contributed by atoms with E-state index in [9.17, 15) is 14.4 Å². The van der Waals surface area contributed by atoms with Gasteiger partial charge in [-0.05, 0) is 25.1 Å². The fourth-order valence-electron chi connectivity index (χ4n) is 3.83. The highest BCUT2D eigenvalue weighted by Crippen LogP contribution is 2.28. The first kappa shape index (κ1) is 19.6. The maximum Gasteiger partial charge on any atom is 0.295 e. The maximum absolute atomic E-state index is 13.0. The number of rotatable bonds is 4. The second kappa shape index (κ2) is 7.98. The molecular weight excluding hydrogens is 384 g/mol. The van der Waals surface area contributed by atoms with Gasteiger partial charge in [0.1, 0.15) is 11.4 Å². The number of H-pyrrole nitrogens is 1. The van der Waals surface area contributed by atoms with Gasteiger partial charge in [-0.1, -0.05) is 18.2 Å². The van der Waals surface area contributed by atoms with Gasteiger partial charge in [-0.15, -0.1) is 0 Å². The number of aromatic amines is 1. The Morgan fingerprint density at radius 1 is 1.13 bits per heavy atom. The van der Waals surface area contributed by atoms with Gasteiger partial charge in [-0.3, -0.25) is 14.4 Å². The minimum Gasteiger partial charge on any atom is -0.496 e. The van der Waals surface area contributed by atoms with E-state index < -0.39 is 11.7 Å². The van der Waals surface area contributed by atoms with Crippen LogP contribution in [0.15, 0.2) is 48.8 Å². The van der Waals surface area contributed by atoms with Gasteiger partial charge in [0.2, 0.25) is 0 Å². The summed E-state index contributed by atoms with van der Waals surface area (Å²) < 4.78 is 5.32. The molecule has 0 bridgehead atoms. The molecule has 30 heavy (non-hydrogen) atoms. The first-order chi connectivity index (χ1) is 14.5. The summed E-state index contributed by atoms with van der Waals surface area (Å²) in [6.07, 6.45) is 3.05. The van der Waals surface area contributed by atoms with Gasteiger partial charge >= 0.3 is 0 Å². The number of aromatic nitrogens is 2. The minimum atomic E-state index is -0.623. The van der Waals surface area contributed by atoms with Crippen molar-refractivity contribution in [2.24, 2.45) is 0 Å². The number of nitrogens with zero attached hydrogens (tertiary/aromatic N) is 3. The lowest BCUT2D eigenvalue weighted by molar-refractivity contribution is -0.130. The molecule has 154 valence electrons. The molecule has 3 aromatic rings. The summed E-state index contributed by atoms with van der Waals surface area (Å²) in [4.78, 5) is 49.0. The molecule has 1 N–H and O–H groups in total. The Balaban J connectivity index is 1.51. The number of benzene rings is 1. The predicted octanol–water partition coefficient (Wildman–Crippen LogP) is 2.13. The van der Waals surface area contributed by atoms with Gasteiger partial charge in [0.25, 0.3) is 17.6 Å². The van der Waals surface area contributed by atoms with Crippen LogP contribution in [0.1, 0.15) is 27.6 Å². The van der Waals surface area contributed by atoms with Crippen molar-refractivity contribution < 1.29 is 19.1 Å². The van der Waals surface area contributed by atoms with E-state index in [-0.39, 0.29) is 17.5 Å². The van der Waals surface area contributed by atoms with E-state index in [4.69, 9.17) is 4.74 Å². The topological polar surface area (TPSA) is 95.6 Å². The zero-order valence-corrected chi connectivity index (χ0v) is 16.8. The average molecular weight is 406 g/mol. The molecule has 3 heterocycles. The molecule has 1 aliphatic heterocycles. The van der Waals surface area contributed by atoms with E-state index in [1.807, 2.05) is 25.1 Å². The van der Waals surface area contributed by atoms with Crippen LogP contribution in [0.4, 0.5) is 0 Å². The average Bonchev–Trinajstić information content (AvgIpc) is 3.22. The highest BCUT2D eigenvalue weighted by Gasteiger charge is 2.34. The number of methoxy groups -OCH3 is 1. The van der Waals surface area contributed by atoms with Crippen molar-refractivity contribution in [3.63, 3.8) is 0 Å². The lowest BCUT2D eigenvalue weighted by Crippen LogP contribution is -2.56. The fourth-order valence-corrected chi connectivity index (χ4v) is 3.83. The third-order valence-electron chi connectivity index (χ3n) is 5.39. The van der Waals surface area contributed by atoms with Crippen LogP contribution in [0.5, 0.6) is 5.75 Å². The first-order valence-electron chi connectivity index (χ1n) is 9.71. The van der Waals surface area contributed by atoms with Crippen molar-refractivity contribution in [2.45, 2.75) is 13.0 Å². The number of carbonyl (C=O) groups is 3. The van der Waals surface area contributed by atoms with Gasteiger partial charge in [0, 0.05) is 43.6 Å². The summed E-state index contributed by atoms with van der Waals surface area (Å²) in [6, 6.07) is 10.4. The largest absolute Gasteiger partial charge is 0.496 e. The number of fused-ring (bicyclic) bond motifs is 1. The van der Waals surface area contributed by atoms with Crippen molar-refractivity contribution in [1.29, 1.82) is 0 Å².